The lowest BCUT2D eigenvalue weighted by atomic mass is 10.1. The second kappa shape index (κ2) is 7.65. The molecule has 0 aliphatic carbocycles. The predicted octanol–water partition coefficient (Wildman–Crippen LogP) is 2.41. The van der Waals surface area contributed by atoms with Crippen LogP contribution in [0.5, 0.6) is 0 Å². The molecule has 4 heteroatoms. The Morgan fingerprint density at radius 1 is 1.05 bits per heavy atom. The second-order valence-corrected chi connectivity index (χ2v) is 4.49. The summed E-state index contributed by atoms with van der Waals surface area (Å²) in [6, 6.07) is 15.6. The van der Waals surface area contributed by atoms with Crippen LogP contribution in [-0.2, 0) is 11.3 Å². The van der Waals surface area contributed by atoms with E-state index in [2.05, 4.69) is 11.2 Å². The van der Waals surface area contributed by atoms with Gasteiger partial charge in [-0.05, 0) is 18.2 Å². The largest absolute Gasteiger partial charge is 0.457 e. The number of amides is 1. The summed E-state index contributed by atoms with van der Waals surface area (Å²) >= 11 is 0. The van der Waals surface area contributed by atoms with Gasteiger partial charge in [0.15, 0.2) is 0 Å². The van der Waals surface area contributed by atoms with E-state index in [1.54, 1.807) is 48.5 Å². The molecule has 0 saturated carbocycles. The van der Waals surface area contributed by atoms with Gasteiger partial charge in [-0.1, -0.05) is 42.3 Å². The number of hydrogen-bond donors (Lipinski definition) is 1. The Balaban J connectivity index is 2.06. The van der Waals surface area contributed by atoms with E-state index < -0.39 is 5.97 Å². The SMILES string of the molecule is C#CCNC(=O)c1ccccc1COC(=O)c1ccccc1. The van der Waals surface area contributed by atoms with E-state index in [0.29, 0.717) is 16.7 Å². The molecule has 0 radical (unpaired) electrons. The van der Waals surface area contributed by atoms with E-state index in [1.807, 2.05) is 6.07 Å². The molecule has 0 unspecified atom stereocenters. The number of terminal acetylenes is 1. The van der Waals surface area contributed by atoms with Gasteiger partial charge >= 0.3 is 5.97 Å². The van der Waals surface area contributed by atoms with Crippen LogP contribution in [0, 0.1) is 12.3 Å². The van der Waals surface area contributed by atoms with Crippen molar-refractivity contribution in [1.82, 2.24) is 5.32 Å². The van der Waals surface area contributed by atoms with Crippen LogP contribution >= 0.6 is 0 Å². The number of carbonyl (C=O) groups is 2. The van der Waals surface area contributed by atoms with Crippen molar-refractivity contribution in [2.75, 3.05) is 6.54 Å². The van der Waals surface area contributed by atoms with Gasteiger partial charge in [-0.25, -0.2) is 4.79 Å². The first kappa shape index (κ1) is 15.3. The third kappa shape index (κ3) is 3.97. The van der Waals surface area contributed by atoms with Crippen molar-refractivity contribution < 1.29 is 14.3 Å². The van der Waals surface area contributed by atoms with Crippen LogP contribution < -0.4 is 5.32 Å². The lowest BCUT2D eigenvalue weighted by Crippen LogP contribution is -2.25. The summed E-state index contributed by atoms with van der Waals surface area (Å²) in [7, 11) is 0. The van der Waals surface area contributed by atoms with Crippen LogP contribution in [-0.4, -0.2) is 18.4 Å². The van der Waals surface area contributed by atoms with Crippen LogP contribution in [0.3, 0.4) is 0 Å². The number of ether oxygens (including phenoxy) is 1. The zero-order valence-electron chi connectivity index (χ0n) is 11.9. The van der Waals surface area contributed by atoms with E-state index in [0.717, 1.165) is 0 Å². The van der Waals surface area contributed by atoms with Gasteiger partial charge in [0.2, 0.25) is 0 Å². The Bertz CT molecular complexity index is 702. The van der Waals surface area contributed by atoms with Crippen LogP contribution in [0.4, 0.5) is 0 Å². The van der Waals surface area contributed by atoms with Crippen molar-refractivity contribution in [1.29, 1.82) is 0 Å². The van der Waals surface area contributed by atoms with Gasteiger partial charge in [-0.2, -0.15) is 0 Å². The van der Waals surface area contributed by atoms with E-state index >= 15 is 0 Å². The summed E-state index contributed by atoms with van der Waals surface area (Å²) in [6.07, 6.45) is 5.12. The molecule has 2 rings (SSSR count). The third-order valence-electron chi connectivity index (χ3n) is 2.98. The molecule has 0 aliphatic heterocycles. The molecule has 2 aromatic rings. The molecule has 0 heterocycles. The molecule has 0 aromatic heterocycles. The smallest absolute Gasteiger partial charge is 0.338 e. The Kier molecular flexibility index (Phi) is 5.33. The minimum atomic E-state index is -0.431. The van der Waals surface area contributed by atoms with Gasteiger partial charge in [0.1, 0.15) is 6.61 Å². The molecule has 1 N–H and O–H groups in total. The monoisotopic (exact) mass is 293 g/mol. The first-order chi connectivity index (χ1) is 10.7. The van der Waals surface area contributed by atoms with Crippen molar-refractivity contribution >= 4 is 11.9 Å². The topological polar surface area (TPSA) is 55.4 Å². The molecule has 1 amide bonds. The first-order valence-corrected chi connectivity index (χ1v) is 6.74. The number of hydrogen-bond acceptors (Lipinski definition) is 3. The maximum absolute atomic E-state index is 12.0. The Morgan fingerprint density at radius 2 is 1.73 bits per heavy atom. The normalized spacial score (nSPS) is 9.59. The maximum atomic E-state index is 12.0. The zero-order chi connectivity index (χ0) is 15.8. The molecule has 0 bridgehead atoms. The minimum Gasteiger partial charge on any atom is -0.457 e. The van der Waals surface area contributed by atoms with Gasteiger partial charge in [-0.15, -0.1) is 6.42 Å². The van der Waals surface area contributed by atoms with Crippen LogP contribution in [0.1, 0.15) is 26.3 Å². The van der Waals surface area contributed by atoms with Crippen LogP contribution in [0.25, 0.3) is 0 Å². The molecule has 2 aromatic carbocycles. The fourth-order valence-corrected chi connectivity index (χ4v) is 1.90. The Labute approximate surface area is 129 Å². The molecule has 0 atom stereocenters. The number of rotatable bonds is 5. The molecule has 0 fully saturated rings. The maximum Gasteiger partial charge on any atom is 0.338 e. The highest BCUT2D eigenvalue weighted by Gasteiger charge is 2.12. The van der Waals surface area contributed by atoms with Crippen molar-refractivity contribution in [3.8, 4) is 12.3 Å². The van der Waals surface area contributed by atoms with E-state index in [1.165, 1.54) is 0 Å². The fourth-order valence-electron chi connectivity index (χ4n) is 1.90. The van der Waals surface area contributed by atoms with Gasteiger partial charge in [0, 0.05) is 11.1 Å². The molecule has 0 saturated heterocycles. The lowest BCUT2D eigenvalue weighted by molar-refractivity contribution is 0.0470. The van der Waals surface area contributed by atoms with Gasteiger partial charge < -0.3 is 10.1 Å². The van der Waals surface area contributed by atoms with E-state index in [-0.39, 0.29) is 19.1 Å². The Morgan fingerprint density at radius 3 is 2.45 bits per heavy atom. The van der Waals surface area contributed by atoms with Gasteiger partial charge in [0.25, 0.3) is 5.91 Å². The third-order valence-corrected chi connectivity index (χ3v) is 2.98. The molecule has 0 aliphatic rings. The summed E-state index contributed by atoms with van der Waals surface area (Å²) in [5.74, 6) is 1.62. The highest BCUT2D eigenvalue weighted by atomic mass is 16.5. The van der Waals surface area contributed by atoms with Crippen LogP contribution in [0.2, 0.25) is 0 Å². The summed E-state index contributed by atoms with van der Waals surface area (Å²) in [5.41, 5.74) is 1.54. The highest BCUT2D eigenvalue weighted by molar-refractivity contribution is 5.96. The van der Waals surface area contributed by atoms with E-state index in [4.69, 9.17) is 11.2 Å². The number of esters is 1. The van der Waals surface area contributed by atoms with Crippen molar-refractivity contribution in [3.05, 3.63) is 71.3 Å². The fraction of sp³-hybridized carbons (Fsp3) is 0.111. The van der Waals surface area contributed by atoms with E-state index in [9.17, 15) is 9.59 Å². The van der Waals surface area contributed by atoms with Crippen molar-refractivity contribution in [2.45, 2.75) is 6.61 Å². The average Bonchev–Trinajstić information content (AvgIpc) is 2.58. The quantitative estimate of drug-likeness (QED) is 0.680. The van der Waals surface area contributed by atoms with Gasteiger partial charge in [-0.3, -0.25) is 4.79 Å². The second-order valence-electron chi connectivity index (χ2n) is 4.49. The summed E-state index contributed by atoms with van der Waals surface area (Å²) in [5, 5.41) is 2.59. The zero-order valence-corrected chi connectivity index (χ0v) is 11.9. The number of benzene rings is 2. The molecule has 22 heavy (non-hydrogen) atoms. The molecular formula is C18H15NO3. The average molecular weight is 293 g/mol. The minimum absolute atomic E-state index is 0.0212. The molecule has 4 nitrogen and oxygen atoms in total. The summed E-state index contributed by atoms with van der Waals surface area (Å²) in [4.78, 5) is 23.9. The number of carbonyl (C=O) groups excluding carboxylic acids is 2. The lowest BCUT2D eigenvalue weighted by Gasteiger charge is -2.10. The highest BCUT2D eigenvalue weighted by Crippen LogP contribution is 2.12. The predicted molar refractivity (Wildman–Crippen MR) is 83.2 cm³/mol. The Hall–Kier alpha value is -3.06. The summed E-state index contributed by atoms with van der Waals surface area (Å²) in [6.45, 7) is 0.171. The van der Waals surface area contributed by atoms with Crippen molar-refractivity contribution in [3.63, 3.8) is 0 Å². The summed E-state index contributed by atoms with van der Waals surface area (Å²) < 4.78 is 5.25. The molecule has 0 spiro atoms. The molecular weight excluding hydrogens is 278 g/mol. The molecule has 110 valence electrons. The van der Waals surface area contributed by atoms with Crippen molar-refractivity contribution in [2.24, 2.45) is 0 Å². The first-order valence-electron chi connectivity index (χ1n) is 6.74. The standard InChI is InChI=1S/C18H15NO3/c1-2-12-19-17(20)16-11-7-6-10-15(16)13-22-18(21)14-8-4-3-5-9-14/h1,3-11H,12-13H2,(H,19,20). The van der Waals surface area contributed by atoms with Crippen LogP contribution in [0.15, 0.2) is 54.6 Å². The van der Waals surface area contributed by atoms with Gasteiger partial charge in [0.05, 0.1) is 12.1 Å². The number of nitrogens with one attached hydrogen (secondary N) is 1.